The van der Waals surface area contributed by atoms with Crippen LogP contribution in [0.2, 0.25) is 0 Å². The minimum Gasteiger partial charge on any atom is -0.496 e. The Bertz CT molecular complexity index is 566. The molecule has 0 aliphatic heterocycles. The molecule has 1 aromatic rings. The van der Waals surface area contributed by atoms with E-state index in [0.29, 0.717) is 5.92 Å². The fourth-order valence-electron chi connectivity index (χ4n) is 4.38. The fraction of sp³-hybridized carbons (Fsp3) is 0.556. The molecule has 2 aliphatic carbocycles. The normalized spacial score (nSPS) is 29.4. The minimum absolute atomic E-state index is 0.0724. The van der Waals surface area contributed by atoms with E-state index in [4.69, 9.17) is 9.47 Å². The van der Waals surface area contributed by atoms with Crippen molar-refractivity contribution in [1.82, 2.24) is 0 Å². The molecule has 0 heterocycles. The first kappa shape index (κ1) is 14.5. The van der Waals surface area contributed by atoms with Crippen LogP contribution in [0.25, 0.3) is 5.57 Å². The van der Waals surface area contributed by atoms with Crippen LogP contribution in [0.5, 0.6) is 11.5 Å². The van der Waals surface area contributed by atoms with Crippen LogP contribution in [-0.2, 0) is 0 Å². The zero-order valence-electron chi connectivity index (χ0n) is 13.3. The Labute approximate surface area is 126 Å². The minimum atomic E-state index is -0.195. The van der Waals surface area contributed by atoms with Crippen molar-refractivity contribution in [2.24, 2.45) is 16.7 Å². The number of aliphatic hydroxyl groups is 1. The maximum atomic E-state index is 10.2. The van der Waals surface area contributed by atoms with Crippen molar-refractivity contribution < 1.29 is 14.6 Å². The van der Waals surface area contributed by atoms with E-state index in [1.54, 1.807) is 14.2 Å². The molecule has 0 aromatic heterocycles. The number of rotatable bonds is 4. The summed E-state index contributed by atoms with van der Waals surface area (Å²) in [6.07, 6.45) is 4.50. The quantitative estimate of drug-likeness (QED) is 0.921. The lowest BCUT2D eigenvalue weighted by Crippen LogP contribution is -2.36. The summed E-state index contributed by atoms with van der Waals surface area (Å²) in [5.41, 5.74) is 2.08. The van der Waals surface area contributed by atoms with Crippen LogP contribution in [0, 0.1) is 16.7 Å². The van der Waals surface area contributed by atoms with E-state index < -0.39 is 0 Å². The zero-order chi connectivity index (χ0) is 15.3. The van der Waals surface area contributed by atoms with E-state index in [1.165, 1.54) is 5.57 Å². The van der Waals surface area contributed by atoms with Gasteiger partial charge in [-0.25, -0.2) is 0 Å². The van der Waals surface area contributed by atoms with Crippen molar-refractivity contribution in [2.75, 3.05) is 20.8 Å². The van der Waals surface area contributed by atoms with Crippen LogP contribution in [-0.4, -0.2) is 25.9 Å². The van der Waals surface area contributed by atoms with Crippen LogP contribution >= 0.6 is 0 Å². The van der Waals surface area contributed by atoms with Gasteiger partial charge in [0.25, 0.3) is 0 Å². The standard InChI is InChI=1S/C18H24O3/c1-17(2)12-8-9-18(17,11-19)13(10-12)16-14(20-3)6-5-7-15(16)21-4/h5-7,10,12,19H,8-9,11H2,1-4H3. The molecule has 0 amide bonds. The van der Waals surface area contributed by atoms with Crippen molar-refractivity contribution in [1.29, 1.82) is 0 Å². The van der Waals surface area contributed by atoms with Crippen LogP contribution in [0.4, 0.5) is 0 Å². The second-order valence-corrected chi connectivity index (χ2v) is 6.72. The molecule has 3 rings (SSSR count). The summed E-state index contributed by atoms with van der Waals surface area (Å²) in [7, 11) is 3.37. The first-order chi connectivity index (χ1) is 10.0. The third kappa shape index (κ3) is 1.70. The van der Waals surface area contributed by atoms with E-state index >= 15 is 0 Å². The second-order valence-electron chi connectivity index (χ2n) is 6.72. The molecule has 2 atom stereocenters. The molecule has 3 nitrogen and oxygen atoms in total. The number of aliphatic hydroxyl groups excluding tert-OH is 1. The number of allylic oxidation sites excluding steroid dienone is 1. The average molecular weight is 288 g/mol. The summed E-state index contributed by atoms with van der Waals surface area (Å²) < 4.78 is 11.1. The number of methoxy groups -OCH3 is 2. The maximum Gasteiger partial charge on any atom is 0.130 e. The van der Waals surface area contributed by atoms with E-state index in [0.717, 1.165) is 29.9 Å². The SMILES string of the molecule is COc1cccc(OC)c1C1=CC2CCC1(CO)C2(C)C. The van der Waals surface area contributed by atoms with E-state index in [-0.39, 0.29) is 17.4 Å². The van der Waals surface area contributed by atoms with Gasteiger partial charge in [-0.3, -0.25) is 0 Å². The first-order valence-corrected chi connectivity index (χ1v) is 7.56. The Kier molecular flexibility index (Phi) is 3.28. The van der Waals surface area contributed by atoms with Gasteiger partial charge < -0.3 is 14.6 Å². The van der Waals surface area contributed by atoms with Crippen molar-refractivity contribution in [2.45, 2.75) is 26.7 Å². The number of hydrogen-bond acceptors (Lipinski definition) is 3. The van der Waals surface area contributed by atoms with E-state index in [9.17, 15) is 5.11 Å². The first-order valence-electron chi connectivity index (χ1n) is 7.56. The molecule has 114 valence electrons. The van der Waals surface area contributed by atoms with Crippen molar-refractivity contribution in [3.63, 3.8) is 0 Å². The largest absolute Gasteiger partial charge is 0.496 e. The monoisotopic (exact) mass is 288 g/mol. The Hall–Kier alpha value is -1.48. The van der Waals surface area contributed by atoms with Gasteiger partial charge in [0.1, 0.15) is 11.5 Å². The van der Waals surface area contributed by atoms with Crippen LogP contribution in [0.3, 0.4) is 0 Å². The molecular formula is C18H24O3. The lowest BCUT2D eigenvalue weighted by atomic mass is 9.65. The van der Waals surface area contributed by atoms with Crippen LogP contribution in [0.1, 0.15) is 32.3 Å². The van der Waals surface area contributed by atoms with Crippen molar-refractivity contribution in [3.8, 4) is 11.5 Å². The highest BCUT2D eigenvalue weighted by Gasteiger charge is 2.60. The van der Waals surface area contributed by atoms with Crippen LogP contribution in [0.15, 0.2) is 24.3 Å². The van der Waals surface area contributed by atoms with Gasteiger partial charge in [0, 0.05) is 5.41 Å². The molecule has 2 bridgehead atoms. The van der Waals surface area contributed by atoms with E-state index in [2.05, 4.69) is 19.9 Å². The van der Waals surface area contributed by atoms with Crippen LogP contribution < -0.4 is 9.47 Å². The highest BCUT2D eigenvalue weighted by molar-refractivity contribution is 5.82. The van der Waals surface area contributed by atoms with E-state index in [1.807, 2.05) is 18.2 Å². The lowest BCUT2D eigenvalue weighted by Gasteiger charge is -2.40. The molecule has 1 fully saturated rings. The Morgan fingerprint density at radius 3 is 2.29 bits per heavy atom. The third-order valence-corrected chi connectivity index (χ3v) is 5.89. The predicted octanol–water partition coefficient (Wildman–Crippen LogP) is 3.52. The Morgan fingerprint density at radius 1 is 1.19 bits per heavy atom. The molecule has 2 aliphatic rings. The molecule has 0 saturated heterocycles. The number of fused-ring (bicyclic) bond motifs is 2. The van der Waals surface area contributed by atoms with Crippen molar-refractivity contribution >= 4 is 5.57 Å². The fourth-order valence-corrected chi connectivity index (χ4v) is 4.38. The molecule has 3 heteroatoms. The van der Waals surface area contributed by atoms with Gasteiger partial charge in [-0.1, -0.05) is 26.0 Å². The number of hydrogen-bond donors (Lipinski definition) is 1. The summed E-state index contributed by atoms with van der Waals surface area (Å²) in [5.74, 6) is 2.14. The summed E-state index contributed by atoms with van der Waals surface area (Å²) in [4.78, 5) is 0. The molecule has 2 unspecified atom stereocenters. The smallest absolute Gasteiger partial charge is 0.130 e. The highest BCUT2D eigenvalue weighted by Crippen LogP contribution is 2.68. The topological polar surface area (TPSA) is 38.7 Å². The van der Waals surface area contributed by atoms with Gasteiger partial charge in [0.2, 0.25) is 0 Å². The third-order valence-electron chi connectivity index (χ3n) is 5.89. The molecule has 21 heavy (non-hydrogen) atoms. The maximum absolute atomic E-state index is 10.2. The average Bonchev–Trinajstić information content (AvgIpc) is 2.89. The van der Waals surface area contributed by atoms with Gasteiger partial charge >= 0.3 is 0 Å². The summed E-state index contributed by atoms with van der Waals surface area (Å²) >= 11 is 0. The molecule has 1 aromatic carbocycles. The van der Waals surface area contributed by atoms with Gasteiger partial charge in [0.15, 0.2) is 0 Å². The summed E-state index contributed by atoms with van der Waals surface area (Å²) in [6.45, 7) is 4.71. The van der Waals surface area contributed by atoms with Gasteiger partial charge in [-0.2, -0.15) is 0 Å². The molecular weight excluding hydrogens is 264 g/mol. The zero-order valence-corrected chi connectivity index (χ0v) is 13.3. The lowest BCUT2D eigenvalue weighted by molar-refractivity contribution is 0.0828. The predicted molar refractivity (Wildman–Crippen MR) is 83.5 cm³/mol. The van der Waals surface area contributed by atoms with Gasteiger partial charge in [0.05, 0.1) is 26.4 Å². The van der Waals surface area contributed by atoms with Gasteiger partial charge in [-0.15, -0.1) is 0 Å². The molecule has 1 N–H and O–H groups in total. The number of benzene rings is 1. The summed E-state index contributed by atoms with van der Waals surface area (Å²) in [6, 6.07) is 5.86. The Balaban J connectivity index is 2.21. The molecule has 0 radical (unpaired) electrons. The highest BCUT2D eigenvalue weighted by atomic mass is 16.5. The number of ether oxygens (including phenoxy) is 2. The molecule has 1 saturated carbocycles. The second kappa shape index (κ2) is 4.77. The summed E-state index contributed by atoms with van der Waals surface area (Å²) in [5, 5.41) is 10.2. The van der Waals surface area contributed by atoms with Gasteiger partial charge in [-0.05, 0) is 41.9 Å². The molecule has 0 spiro atoms. The Morgan fingerprint density at radius 2 is 1.81 bits per heavy atom. The van der Waals surface area contributed by atoms with Crippen molar-refractivity contribution in [3.05, 3.63) is 29.8 Å².